The van der Waals surface area contributed by atoms with E-state index in [0.717, 1.165) is 10.0 Å². The second-order valence-corrected chi connectivity index (χ2v) is 5.82. The third kappa shape index (κ3) is 4.13. The monoisotopic (exact) mass is 351 g/mol. The summed E-state index contributed by atoms with van der Waals surface area (Å²) in [6.45, 7) is 0. The van der Waals surface area contributed by atoms with Gasteiger partial charge in [-0.2, -0.15) is 0 Å². The van der Waals surface area contributed by atoms with E-state index < -0.39 is 0 Å². The van der Waals surface area contributed by atoms with Crippen LogP contribution in [0.2, 0.25) is 0 Å². The summed E-state index contributed by atoms with van der Waals surface area (Å²) in [5.41, 5.74) is 1.76. The maximum absolute atomic E-state index is 14.0. The van der Waals surface area contributed by atoms with Gasteiger partial charge in [0.15, 0.2) is 0 Å². The van der Waals surface area contributed by atoms with Crippen LogP contribution in [0.25, 0.3) is 0 Å². The van der Waals surface area contributed by atoms with Gasteiger partial charge in [-0.3, -0.25) is 0 Å². The Bertz CT molecular complexity index is 576. The number of benzene rings is 2. The largest absolute Gasteiger partial charge is 0.375 e. The van der Waals surface area contributed by atoms with Crippen molar-refractivity contribution in [3.8, 4) is 0 Å². The Morgan fingerprint density at radius 1 is 1.19 bits per heavy atom. The van der Waals surface area contributed by atoms with Crippen LogP contribution in [0, 0.1) is 5.82 Å². The maximum Gasteiger partial charge on any atom is 0.127 e. The molecule has 2 aromatic rings. The molecule has 2 unspecified atom stereocenters. The van der Waals surface area contributed by atoms with Gasteiger partial charge in [-0.05, 0) is 36.7 Å². The zero-order valence-electron chi connectivity index (χ0n) is 12.1. The lowest BCUT2D eigenvalue weighted by molar-refractivity contribution is 0.0701. The number of methoxy groups -OCH3 is 1. The predicted octanol–water partition coefficient (Wildman–Crippen LogP) is 4.11. The van der Waals surface area contributed by atoms with Crippen molar-refractivity contribution in [2.45, 2.75) is 18.6 Å². The van der Waals surface area contributed by atoms with E-state index in [1.54, 1.807) is 7.11 Å². The summed E-state index contributed by atoms with van der Waals surface area (Å²) in [4.78, 5) is 0. The van der Waals surface area contributed by atoms with Crippen LogP contribution in [0.1, 0.15) is 17.2 Å². The SMILES string of the molecule is CNC(Cc1ccc(Br)cc1F)C(OC)c1ccccc1. The Hall–Kier alpha value is -1.23. The first-order valence-electron chi connectivity index (χ1n) is 6.84. The average molecular weight is 352 g/mol. The van der Waals surface area contributed by atoms with E-state index in [2.05, 4.69) is 21.2 Å². The molecule has 0 heterocycles. The molecule has 0 fully saturated rings. The van der Waals surface area contributed by atoms with E-state index in [1.807, 2.05) is 49.5 Å². The van der Waals surface area contributed by atoms with Crippen LogP contribution in [0.5, 0.6) is 0 Å². The number of halogens is 2. The van der Waals surface area contributed by atoms with Gasteiger partial charge in [-0.25, -0.2) is 4.39 Å². The first-order chi connectivity index (χ1) is 10.2. The van der Waals surface area contributed by atoms with E-state index in [1.165, 1.54) is 6.07 Å². The van der Waals surface area contributed by atoms with Gasteiger partial charge < -0.3 is 10.1 Å². The van der Waals surface area contributed by atoms with Crippen molar-refractivity contribution >= 4 is 15.9 Å². The zero-order valence-corrected chi connectivity index (χ0v) is 13.7. The van der Waals surface area contributed by atoms with E-state index in [0.29, 0.717) is 12.0 Å². The van der Waals surface area contributed by atoms with Gasteiger partial charge in [0.05, 0.1) is 6.10 Å². The number of likely N-dealkylation sites (N-methyl/N-ethyl adjacent to an activating group) is 1. The highest BCUT2D eigenvalue weighted by Gasteiger charge is 2.22. The molecular weight excluding hydrogens is 333 g/mol. The lowest BCUT2D eigenvalue weighted by Gasteiger charge is -2.26. The third-order valence-electron chi connectivity index (χ3n) is 3.57. The Kier molecular flexibility index (Phi) is 5.91. The molecule has 112 valence electrons. The van der Waals surface area contributed by atoms with Crippen molar-refractivity contribution in [2.75, 3.05) is 14.2 Å². The van der Waals surface area contributed by atoms with Gasteiger partial charge in [0.2, 0.25) is 0 Å². The summed E-state index contributed by atoms with van der Waals surface area (Å²) in [7, 11) is 3.55. The highest BCUT2D eigenvalue weighted by Crippen LogP contribution is 2.24. The second kappa shape index (κ2) is 7.69. The van der Waals surface area contributed by atoms with E-state index in [-0.39, 0.29) is 18.0 Å². The second-order valence-electron chi connectivity index (χ2n) is 4.90. The molecule has 0 aliphatic heterocycles. The Morgan fingerprint density at radius 3 is 2.48 bits per heavy atom. The van der Waals surface area contributed by atoms with Crippen LogP contribution >= 0.6 is 15.9 Å². The van der Waals surface area contributed by atoms with Crippen molar-refractivity contribution in [3.63, 3.8) is 0 Å². The lowest BCUT2D eigenvalue weighted by atomic mass is 9.96. The fraction of sp³-hybridized carbons (Fsp3) is 0.294. The molecule has 1 N–H and O–H groups in total. The van der Waals surface area contributed by atoms with Crippen molar-refractivity contribution in [1.82, 2.24) is 5.32 Å². The van der Waals surface area contributed by atoms with Crippen molar-refractivity contribution in [3.05, 3.63) is 69.9 Å². The molecule has 0 saturated heterocycles. The molecule has 2 nitrogen and oxygen atoms in total. The van der Waals surface area contributed by atoms with Gasteiger partial charge in [-0.15, -0.1) is 0 Å². The Balaban J connectivity index is 2.22. The molecule has 0 aliphatic carbocycles. The molecular formula is C17H19BrFNO. The van der Waals surface area contributed by atoms with Crippen LogP contribution in [0.4, 0.5) is 4.39 Å². The standard InChI is InChI=1S/C17H19BrFNO/c1-20-16(10-13-8-9-14(18)11-15(13)19)17(21-2)12-6-4-3-5-7-12/h3-9,11,16-17,20H,10H2,1-2H3. The fourth-order valence-electron chi connectivity index (χ4n) is 2.46. The normalized spacial score (nSPS) is 13.9. The Labute approximate surface area is 133 Å². The number of ether oxygens (including phenoxy) is 1. The molecule has 0 bridgehead atoms. The molecule has 0 amide bonds. The van der Waals surface area contributed by atoms with E-state index in [9.17, 15) is 4.39 Å². The summed E-state index contributed by atoms with van der Waals surface area (Å²) in [6.07, 6.45) is 0.433. The van der Waals surface area contributed by atoms with Gasteiger partial charge >= 0.3 is 0 Å². The number of rotatable bonds is 6. The minimum absolute atomic E-state index is 0.00641. The van der Waals surface area contributed by atoms with Gasteiger partial charge in [0.1, 0.15) is 5.82 Å². The van der Waals surface area contributed by atoms with Crippen molar-refractivity contribution in [1.29, 1.82) is 0 Å². The third-order valence-corrected chi connectivity index (χ3v) is 4.07. The van der Waals surface area contributed by atoms with Gasteiger partial charge in [0.25, 0.3) is 0 Å². The Morgan fingerprint density at radius 2 is 1.90 bits per heavy atom. The number of hydrogen-bond donors (Lipinski definition) is 1. The topological polar surface area (TPSA) is 21.3 Å². The van der Waals surface area contributed by atoms with Crippen LogP contribution in [-0.2, 0) is 11.2 Å². The summed E-state index contributed by atoms with van der Waals surface area (Å²) in [5, 5.41) is 3.24. The lowest BCUT2D eigenvalue weighted by Crippen LogP contribution is -2.35. The number of hydrogen-bond acceptors (Lipinski definition) is 2. The summed E-state index contributed by atoms with van der Waals surface area (Å²) >= 11 is 3.28. The van der Waals surface area contributed by atoms with E-state index >= 15 is 0 Å². The van der Waals surface area contributed by atoms with Crippen molar-refractivity contribution < 1.29 is 9.13 Å². The molecule has 0 aliphatic rings. The van der Waals surface area contributed by atoms with Crippen LogP contribution in [0.3, 0.4) is 0 Å². The first kappa shape index (κ1) is 16.1. The minimum atomic E-state index is -0.201. The zero-order chi connectivity index (χ0) is 15.2. The van der Waals surface area contributed by atoms with Gasteiger partial charge in [-0.1, -0.05) is 52.3 Å². The molecule has 0 spiro atoms. The van der Waals surface area contributed by atoms with Gasteiger partial charge in [0, 0.05) is 17.6 Å². The quantitative estimate of drug-likeness (QED) is 0.845. The summed E-state index contributed by atoms with van der Waals surface area (Å²) < 4.78 is 20.4. The molecule has 0 aromatic heterocycles. The molecule has 0 saturated carbocycles. The molecule has 21 heavy (non-hydrogen) atoms. The first-order valence-corrected chi connectivity index (χ1v) is 7.64. The van der Waals surface area contributed by atoms with Crippen LogP contribution in [0.15, 0.2) is 53.0 Å². The van der Waals surface area contributed by atoms with Crippen molar-refractivity contribution in [2.24, 2.45) is 0 Å². The fourth-order valence-corrected chi connectivity index (χ4v) is 2.79. The summed E-state index contributed by atoms with van der Waals surface area (Å²) in [6, 6.07) is 15.1. The van der Waals surface area contributed by atoms with Crippen LogP contribution < -0.4 is 5.32 Å². The number of nitrogens with one attached hydrogen (secondary N) is 1. The van der Waals surface area contributed by atoms with E-state index in [4.69, 9.17) is 4.74 Å². The maximum atomic E-state index is 14.0. The predicted molar refractivity (Wildman–Crippen MR) is 86.8 cm³/mol. The highest BCUT2D eigenvalue weighted by molar-refractivity contribution is 9.10. The molecule has 4 heteroatoms. The smallest absolute Gasteiger partial charge is 0.127 e. The molecule has 0 radical (unpaired) electrons. The summed E-state index contributed by atoms with van der Waals surface area (Å²) in [5.74, 6) is -0.201. The highest BCUT2D eigenvalue weighted by atomic mass is 79.9. The molecule has 2 rings (SSSR count). The van der Waals surface area contributed by atoms with Crippen LogP contribution in [-0.4, -0.2) is 20.2 Å². The minimum Gasteiger partial charge on any atom is -0.375 e. The average Bonchev–Trinajstić information content (AvgIpc) is 2.50. The molecule has 2 aromatic carbocycles. The molecule has 2 atom stereocenters.